The molecule has 0 radical (unpaired) electrons. The number of rotatable bonds is 4. The van der Waals surface area contributed by atoms with Gasteiger partial charge in [-0.2, -0.15) is 0 Å². The van der Waals surface area contributed by atoms with Gasteiger partial charge in [0.05, 0.1) is 13.2 Å². The van der Waals surface area contributed by atoms with Gasteiger partial charge in [0.1, 0.15) is 6.04 Å². The van der Waals surface area contributed by atoms with Gasteiger partial charge in [-0.3, -0.25) is 9.59 Å². The number of likely N-dealkylation sites (tertiary alicyclic amines) is 1. The molecular weight excluding hydrogens is 258 g/mol. The van der Waals surface area contributed by atoms with Crippen LogP contribution in [0.4, 0.5) is 0 Å². The quantitative estimate of drug-likeness (QED) is 0.755. The van der Waals surface area contributed by atoms with Crippen LogP contribution in [0.15, 0.2) is 0 Å². The van der Waals surface area contributed by atoms with Crippen molar-refractivity contribution in [3.8, 4) is 0 Å². The summed E-state index contributed by atoms with van der Waals surface area (Å²) >= 11 is 0. The molecule has 6 nitrogen and oxygen atoms in total. The summed E-state index contributed by atoms with van der Waals surface area (Å²) in [6.45, 7) is 3.90. The van der Waals surface area contributed by atoms with Crippen molar-refractivity contribution in [3.63, 3.8) is 0 Å². The van der Waals surface area contributed by atoms with E-state index in [2.05, 4.69) is 10.6 Å². The summed E-state index contributed by atoms with van der Waals surface area (Å²) in [6.07, 6.45) is 5.02. The van der Waals surface area contributed by atoms with Gasteiger partial charge in [0.25, 0.3) is 0 Å². The van der Waals surface area contributed by atoms with Gasteiger partial charge < -0.3 is 20.3 Å². The summed E-state index contributed by atoms with van der Waals surface area (Å²) in [6, 6.07) is -0.281. The standard InChI is InChI=1S/C14H25N3O3/c18-13(17-8-3-1-2-4-9-17)5-6-16-14(19)12-11-20-10-7-15-12/h12,15H,1-11H2,(H,16,19). The van der Waals surface area contributed by atoms with Crippen LogP contribution in [0.3, 0.4) is 0 Å². The van der Waals surface area contributed by atoms with E-state index in [9.17, 15) is 9.59 Å². The number of nitrogens with one attached hydrogen (secondary N) is 2. The monoisotopic (exact) mass is 283 g/mol. The first-order chi connectivity index (χ1) is 9.77. The molecule has 6 heteroatoms. The molecule has 0 bridgehead atoms. The lowest BCUT2D eigenvalue weighted by atomic mass is 10.2. The van der Waals surface area contributed by atoms with Gasteiger partial charge in [0, 0.05) is 32.6 Å². The Morgan fingerprint density at radius 3 is 2.60 bits per heavy atom. The summed E-state index contributed by atoms with van der Waals surface area (Å²) in [5.41, 5.74) is 0. The van der Waals surface area contributed by atoms with E-state index in [0.29, 0.717) is 32.7 Å². The van der Waals surface area contributed by atoms with Gasteiger partial charge in [-0.05, 0) is 12.8 Å². The molecule has 2 rings (SSSR count). The normalized spacial score (nSPS) is 24.0. The average Bonchev–Trinajstić information content (AvgIpc) is 2.77. The van der Waals surface area contributed by atoms with Crippen LogP contribution in [-0.4, -0.2) is 62.1 Å². The van der Waals surface area contributed by atoms with Crippen LogP contribution in [0.5, 0.6) is 0 Å². The van der Waals surface area contributed by atoms with Crippen molar-refractivity contribution in [3.05, 3.63) is 0 Å². The lowest BCUT2D eigenvalue weighted by molar-refractivity contribution is -0.131. The topological polar surface area (TPSA) is 70.7 Å². The molecule has 2 N–H and O–H groups in total. The van der Waals surface area contributed by atoms with E-state index >= 15 is 0 Å². The Hall–Kier alpha value is -1.14. The fourth-order valence-corrected chi connectivity index (χ4v) is 2.63. The Labute approximate surface area is 120 Å². The van der Waals surface area contributed by atoms with E-state index in [-0.39, 0.29) is 17.9 Å². The summed E-state index contributed by atoms with van der Waals surface area (Å²) in [5, 5.41) is 5.91. The van der Waals surface area contributed by atoms with Gasteiger partial charge in [-0.25, -0.2) is 0 Å². The van der Waals surface area contributed by atoms with Crippen LogP contribution in [0, 0.1) is 0 Å². The molecule has 2 fully saturated rings. The molecule has 0 aliphatic carbocycles. The minimum atomic E-state index is -0.281. The van der Waals surface area contributed by atoms with Crippen LogP contribution in [0.2, 0.25) is 0 Å². The third kappa shape index (κ3) is 4.76. The molecular formula is C14H25N3O3. The Morgan fingerprint density at radius 2 is 1.95 bits per heavy atom. The number of morpholine rings is 1. The summed E-state index contributed by atoms with van der Waals surface area (Å²) in [4.78, 5) is 25.8. The minimum absolute atomic E-state index is 0.0756. The van der Waals surface area contributed by atoms with Gasteiger partial charge >= 0.3 is 0 Å². The Bertz CT molecular complexity index is 322. The van der Waals surface area contributed by atoms with Crippen molar-refractivity contribution in [1.29, 1.82) is 0 Å². The molecule has 0 aromatic heterocycles. The van der Waals surface area contributed by atoms with Gasteiger partial charge in [0.15, 0.2) is 0 Å². The average molecular weight is 283 g/mol. The van der Waals surface area contributed by atoms with Crippen molar-refractivity contribution < 1.29 is 14.3 Å². The highest BCUT2D eigenvalue weighted by molar-refractivity contribution is 5.83. The Morgan fingerprint density at radius 1 is 1.20 bits per heavy atom. The molecule has 114 valence electrons. The predicted molar refractivity (Wildman–Crippen MR) is 75.3 cm³/mol. The van der Waals surface area contributed by atoms with Crippen LogP contribution in [0.25, 0.3) is 0 Å². The van der Waals surface area contributed by atoms with Gasteiger partial charge in [0.2, 0.25) is 11.8 Å². The van der Waals surface area contributed by atoms with Crippen LogP contribution in [-0.2, 0) is 14.3 Å². The first-order valence-electron chi connectivity index (χ1n) is 7.64. The fraction of sp³-hybridized carbons (Fsp3) is 0.857. The molecule has 2 aliphatic heterocycles. The number of hydrogen-bond donors (Lipinski definition) is 2. The molecule has 0 spiro atoms. The highest BCUT2D eigenvalue weighted by atomic mass is 16.5. The highest BCUT2D eigenvalue weighted by Crippen LogP contribution is 2.10. The molecule has 2 heterocycles. The van der Waals surface area contributed by atoms with Crippen LogP contribution >= 0.6 is 0 Å². The first-order valence-corrected chi connectivity index (χ1v) is 7.64. The second kappa shape index (κ2) is 8.21. The fourth-order valence-electron chi connectivity index (χ4n) is 2.63. The smallest absolute Gasteiger partial charge is 0.239 e. The maximum Gasteiger partial charge on any atom is 0.239 e. The van der Waals surface area contributed by atoms with Crippen molar-refractivity contribution >= 4 is 11.8 Å². The molecule has 1 unspecified atom stereocenters. The first kappa shape index (κ1) is 15.3. The number of amides is 2. The third-order valence-corrected chi connectivity index (χ3v) is 3.84. The predicted octanol–water partition coefficient (Wildman–Crippen LogP) is -0.116. The molecule has 0 aromatic carbocycles. The molecule has 2 amide bonds. The summed E-state index contributed by atoms with van der Waals surface area (Å²) in [7, 11) is 0. The number of carbonyl (C=O) groups is 2. The maximum absolute atomic E-state index is 12.0. The minimum Gasteiger partial charge on any atom is -0.378 e. The van der Waals surface area contributed by atoms with Crippen molar-refractivity contribution in [2.45, 2.75) is 38.1 Å². The molecule has 2 aliphatic rings. The Balaban J connectivity index is 1.64. The van der Waals surface area contributed by atoms with E-state index in [1.165, 1.54) is 12.8 Å². The SMILES string of the molecule is O=C(NCCC(=O)N1CCCCCC1)C1COCCN1. The van der Waals surface area contributed by atoms with Crippen LogP contribution in [0.1, 0.15) is 32.1 Å². The molecule has 20 heavy (non-hydrogen) atoms. The highest BCUT2D eigenvalue weighted by Gasteiger charge is 2.21. The van der Waals surface area contributed by atoms with E-state index in [1.807, 2.05) is 4.90 Å². The van der Waals surface area contributed by atoms with Crippen molar-refractivity contribution in [2.75, 3.05) is 39.4 Å². The van der Waals surface area contributed by atoms with E-state index in [1.54, 1.807) is 0 Å². The van der Waals surface area contributed by atoms with Crippen molar-refractivity contribution in [2.24, 2.45) is 0 Å². The van der Waals surface area contributed by atoms with E-state index in [4.69, 9.17) is 4.74 Å². The number of hydrogen-bond acceptors (Lipinski definition) is 4. The lowest BCUT2D eigenvalue weighted by Crippen LogP contribution is -2.51. The second-order valence-electron chi connectivity index (χ2n) is 5.42. The van der Waals surface area contributed by atoms with Gasteiger partial charge in [-0.1, -0.05) is 12.8 Å². The zero-order chi connectivity index (χ0) is 14.2. The zero-order valence-corrected chi connectivity index (χ0v) is 12.0. The lowest BCUT2D eigenvalue weighted by Gasteiger charge is -2.23. The Kier molecular flexibility index (Phi) is 6.26. The van der Waals surface area contributed by atoms with Gasteiger partial charge in [-0.15, -0.1) is 0 Å². The third-order valence-electron chi connectivity index (χ3n) is 3.84. The number of ether oxygens (including phenoxy) is 1. The molecule has 2 saturated heterocycles. The zero-order valence-electron chi connectivity index (χ0n) is 12.0. The number of nitrogens with zero attached hydrogens (tertiary/aromatic N) is 1. The molecule has 1 atom stereocenters. The summed E-state index contributed by atoms with van der Waals surface area (Å²) in [5.74, 6) is 0.0772. The van der Waals surface area contributed by atoms with E-state index < -0.39 is 0 Å². The maximum atomic E-state index is 12.0. The second-order valence-corrected chi connectivity index (χ2v) is 5.42. The van der Waals surface area contributed by atoms with Crippen molar-refractivity contribution in [1.82, 2.24) is 15.5 Å². The largest absolute Gasteiger partial charge is 0.378 e. The van der Waals surface area contributed by atoms with E-state index in [0.717, 1.165) is 25.9 Å². The number of carbonyl (C=O) groups excluding carboxylic acids is 2. The summed E-state index contributed by atoms with van der Waals surface area (Å²) < 4.78 is 5.24. The molecule has 0 saturated carbocycles. The molecule has 0 aromatic rings. The van der Waals surface area contributed by atoms with Crippen LogP contribution < -0.4 is 10.6 Å².